The minimum absolute atomic E-state index is 0.302. The summed E-state index contributed by atoms with van der Waals surface area (Å²) in [6.45, 7) is 1.30. The lowest BCUT2D eigenvalue weighted by atomic mass is 10.1. The highest BCUT2D eigenvalue weighted by Crippen LogP contribution is 2.26. The Morgan fingerprint density at radius 1 is 1.46 bits per heavy atom. The van der Waals surface area contributed by atoms with Crippen LogP contribution < -0.4 is 10.2 Å². The van der Waals surface area contributed by atoms with Gasteiger partial charge in [-0.2, -0.15) is 10.2 Å². The fourth-order valence-corrected chi connectivity index (χ4v) is 2.94. The first kappa shape index (κ1) is 14.6. The first-order chi connectivity index (χ1) is 11.7. The van der Waals surface area contributed by atoms with Gasteiger partial charge in [-0.15, -0.1) is 0 Å². The highest BCUT2D eigenvalue weighted by molar-refractivity contribution is 6.09. The molecule has 0 aromatic carbocycles. The molecule has 1 saturated heterocycles. The number of anilines is 2. The summed E-state index contributed by atoms with van der Waals surface area (Å²) in [5, 5.41) is 23.8. The first-order valence-electron chi connectivity index (χ1n) is 7.79. The topological polar surface area (TPSA) is 111 Å². The number of carbonyl (C=O) groups is 1. The molecule has 24 heavy (non-hydrogen) atoms. The number of amides is 1. The van der Waals surface area contributed by atoms with Crippen LogP contribution in [-0.4, -0.2) is 55.0 Å². The number of nitrogens with zero attached hydrogens (tertiary/aromatic N) is 5. The van der Waals surface area contributed by atoms with Crippen molar-refractivity contribution in [3.63, 3.8) is 0 Å². The summed E-state index contributed by atoms with van der Waals surface area (Å²) < 4.78 is 1.55. The number of hydrogen-bond donors (Lipinski definition) is 3. The van der Waals surface area contributed by atoms with Crippen LogP contribution in [0.5, 0.6) is 0 Å². The molecule has 3 aromatic heterocycles. The Morgan fingerprint density at radius 3 is 3.25 bits per heavy atom. The lowest BCUT2D eigenvalue weighted by Gasteiger charge is -2.30. The number of aromatic amines is 1. The molecule has 0 saturated carbocycles. The van der Waals surface area contributed by atoms with Crippen LogP contribution in [0.1, 0.15) is 23.2 Å². The van der Waals surface area contributed by atoms with Crippen LogP contribution in [-0.2, 0) is 0 Å². The molecule has 1 fully saturated rings. The van der Waals surface area contributed by atoms with Crippen LogP contribution >= 0.6 is 0 Å². The number of β-amino-alcohol motifs (C(OH)–C–C–N with tert-alkyl or cyclic N) is 1. The van der Waals surface area contributed by atoms with Gasteiger partial charge in [0.25, 0.3) is 5.91 Å². The molecular weight excluding hydrogens is 310 g/mol. The summed E-state index contributed by atoms with van der Waals surface area (Å²) in [5.41, 5.74) is 1.46. The Labute approximate surface area is 137 Å². The number of carbonyl (C=O) groups excluding carboxylic acids is 1. The molecule has 124 valence electrons. The molecule has 0 radical (unpaired) electrons. The van der Waals surface area contributed by atoms with Crippen LogP contribution in [0.2, 0.25) is 0 Å². The minimum atomic E-state index is -0.372. The zero-order chi connectivity index (χ0) is 16.5. The molecular formula is C15H17N7O2. The zero-order valence-corrected chi connectivity index (χ0v) is 12.9. The van der Waals surface area contributed by atoms with E-state index >= 15 is 0 Å². The van der Waals surface area contributed by atoms with E-state index in [1.165, 1.54) is 6.20 Å². The standard InChI is InChI=1S/C15H17N7O2/c23-10-3-1-5-21(9-10)14-12(8-17-20-14)19-15(24)11-7-18-22-6-2-4-16-13(11)22/h2,4,6-8,10,23H,1,3,5,9H2,(H,17,20)(H,19,24). The van der Waals surface area contributed by atoms with Crippen molar-refractivity contribution in [2.24, 2.45) is 0 Å². The Hall–Kier alpha value is -2.94. The summed E-state index contributed by atoms with van der Waals surface area (Å²) in [7, 11) is 0. The predicted octanol–water partition coefficient (Wildman–Crippen LogP) is 0.666. The number of nitrogens with one attached hydrogen (secondary N) is 2. The lowest BCUT2D eigenvalue weighted by molar-refractivity contribution is 0.102. The van der Waals surface area contributed by atoms with Gasteiger partial charge in [-0.1, -0.05) is 0 Å². The van der Waals surface area contributed by atoms with Crippen molar-refractivity contribution in [1.29, 1.82) is 0 Å². The maximum absolute atomic E-state index is 12.6. The molecule has 9 heteroatoms. The molecule has 0 spiro atoms. The molecule has 1 unspecified atom stereocenters. The maximum Gasteiger partial charge on any atom is 0.261 e. The van der Waals surface area contributed by atoms with E-state index in [1.807, 2.05) is 4.90 Å². The fourth-order valence-electron chi connectivity index (χ4n) is 2.94. The zero-order valence-electron chi connectivity index (χ0n) is 12.9. The molecule has 0 bridgehead atoms. The average molecular weight is 327 g/mol. The van der Waals surface area contributed by atoms with Crippen molar-refractivity contribution in [1.82, 2.24) is 24.8 Å². The van der Waals surface area contributed by atoms with E-state index in [-0.39, 0.29) is 12.0 Å². The molecule has 4 heterocycles. The van der Waals surface area contributed by atoms with E-state index in [0.717, 1.165) is 19.4 Å². The van der Waals surface area contributed by atoms with Gasteiger partial charge in [0.1, 0.15) is 11.3 Å². The Kier molecular flexibility index (Phi) is 3.62. The van der Waals surface area contributed by atoms with E-state index in [1.54, 1.807) is 29.2 Å². The number of piperidine rings is 1. The van der Waals surface area contributed by atoms with Gasteiger partial charge in [-0.05, 0) is 18.9 Å². The Morgan fingerprint density at radius 2 is 2.38 bits per heavy atom. The van der Waals surface area contributed by atoms with Crippen LogP contribution in [0.15, 0.2) is 30.9 Å². The van der Waals surface area contributed by atoms with Crippen molar-refractivity contribution < 1.29 is 9.90 Å². The second kappa shape index (κ2) is 5.93. The SMILES string of the molecule is O=C(Nc1c[nH]nc1N1CCCC(O)C1)c1cnn2cccnc12. The highest BCUT2D eigenvalue weighted by atomic mass is 16.3. The van der Waals surface area contributed by atoms with Crippen molar-refractivity contribution in [2.75, 3.05) is 23.3 Å². The largest absolute Gasteiger partial charge is 0.391 e. The summed E-state index contributed by atoms with van der Waals surface area (Å²) in [5.74, 6) is 0.329. The Bertz CT molecular complexity index is 871. The van der Waals surface area contributed by atoms with Crippen molar-refractivity contribution in [3.8, 4) is 0 Å². The number of hydrogen-bond acceptors (Lipinski definition) is 6. The van der Waals surface area contributed by atoms with Crippen LogP contribution in [0.4, 0.5) is 11.5 Å². The highest BCUT2D eigenvalue weighted by Gasteiger charge is 2.23. The van der Waals surface area contributed by atoms with Gasteiger partial charge in [-0.3, -0.25) is 9.89 Å². The first-order valence-corrected chi connectivity index (χ1v) is 7.79. The van der Waals surface area contributed by atoms with Gasteiger partial charge in [0.15, 0.2) is 11.5 Å². The second-order valence-corrected chi connectivity index (χ2v) is 5.76. The van der Waals surface area contributed by atoms with E-state index in [9.17, 15) is 9.90 Å². The van der Waals surface area contributed by atoms with Crippen molar-refractivity contribution >= 4 is 23.1 Å². The summed E-state index contributed by atoms with van der Waals surface area (Å²) >= 11 is 0. The molecule has 3 aromatic rings. The van der Waals surface area contributed by atoms with Crippen LogP contribution in [0.3, 0.4) is 0 Å². The van der Waals surface area contributed by atoms with Crippen LogP contribution in [0, 0.1) is 0 Å². The molecule has 1 amide bonds. The molecule has 1 aliphatic heterocycles. The average Bonchev–Trinajstić information content (AvgIpc) is 3.21. The van der Waals surface area contributed by atoms with E-state index in [2.05, 4.69) is 25.6 Å². The van der Waals surface area contributed by atoms with Gasteiger partial charge in [0, 0.05) is 31.7 Å². The van der Waals surface area contributed by atoms with Gasteiger partial charge in [-0.25, -0.2) is 9.50 Å². The van der Waals surface area contributed by atoms with E-state index in [0.29, 0.717) is 29.3 Å². The third-order valence-electron chi connectivity index (χ3n) is 4.09. The van der Waals surface area contributed by atoms with Gasteiger partial charge in [0.2, 0.25) is 0 Å². The molecule has 4 rings (SSSR count). The number of aromatic nitrogens is 5. The molecule has 1 aliphatic rings. The lowest BCUT2D eigenvalue weighted by Crippen LogP contribution is -2.38. The summed E-state index contributed by atoms with van der Waals surface area (Å²) in [6, 6.07) is 1.75. The minimum Gasteiger partial charge on any atom is -0.391 e. The van der Waals surface area contributed by atoms with E-state index in [4.69, 9.17) is 0 Å². The number of H-pyrrole nitrogens is 1. The third kappa shape index (κ3) is 2.58. The maximum atomic E-state index is 12.6. The normalized spacial score (nSPS) is 18.0. The molecule has 3 N–H and O–H groups in total. The predicted molar refractivity (Wildman–Crippen MR) is 87.0 cm³/mol. The van der Waals surface area contributed by atoms with Gasteiger partial charge in [0.05, 0.1) is 12.3 Å². The quantitative estimate of drug-likeness (QED) is 0.652. The fraction of sp³-hybridized carbons (Fsp3) is 0.333. The van der Waals surface area contributed by atoms with Gasteiger partial charge < -0.3 is 15.3 Å². The van der Waals surface area contributed by atoms with E-state index < -0.39 is 0 Å². The summed E-state index contributed by atoms with van der Waals surface area (Å²) in [6.07, 6.45) is 7.78. The molecule has 1 atom stereocenters. The number of fused-ring (bicyclic) bond motifs is 1. The Balaban J connectivity index is 1.58. The summed E-state index contributed by atoms with van der Waals surface area (Å²) in [4.78, 5) is 18.7. The smallest absolute Gasteiger partial charge is 0.261 e. The molecule has 0 aliphatic carbocycles. The number of rotatable bonds is 3. The number of aliphatic hydroxyl groups excluding tert-OH is 1. The van der Waals surface area contributed by atoms with Crippen molar-refractivity contribution in [2.45, 2.75) is 18.9 Å². The van der Waals surface area contributed by atoms with Gasteiger partial charge >= 0.3 is 0 Å². The second-order valence-electron chi connectivity index (χ2n) is 5.76. The third-order valence-corrected chi connectivity index (χ3v) is 4.09. The monoisotopic (exact) mass is 327 g/mol. The molecule has 9 nitrogen and oxygen atoms in total. The van der Waals surface area contributed by atoms with Crippen molar-refractivity contribution in [3.05, 3.63) is 36.4 Å². The number of aliphatic hydroxyl groups is 1. The van der Waals surface area contributed by atoms with Crippen LogP contribution in [0.25, 0.3) is 5.65 Å².